The molecule has 29 heavy (non-hydrogen) atoms. The summed E-state index contributed by atoms with van der Waals surface area (Å²) < 4.78 is 13.0. The van der Waals surface area contributed by atoms with Gasteiger partial charge in [0.05, 0.1) is 5.71 Å². The third-order valence-electron chi connectivity index (χ3n) is 4.58. The Morgan fingerprint density at radius 1 is 1.21 bits per heavy atom. The zero-order valence-corrected chi connectivity index (χ0v) is 17.1. The summed E-state index contributed by atoms with van der Waals surface area (Å²) in [6.45, 7) is 5.66. The van der Waals surface area contributed by atoms with Crippen LogP contribution in [0.5, 0.6) is 0 Å². The van der Waals surface area contributed by atoms with Crippen LogP contribution in [0.3, 0.4) is 0 Å². The van der Waals surface area contributed by atoms with Crippen LogP contribution < -0.4 is 10.6 Å². The SMILES string of the molecule is CC(=N/N=C1\NC(=O)C(CC(=O)Nc2cccc(C)c2C)S1)c1ccc(F)cc1. The number of hydrogen-bond acceptors (Lipinski definition) is 5. The van der Waals surface area contributed by atoms with Crippen molar-refractivity contribution < 1.29 is 14.0 Å². The van der Waals surface area contributed by atoms with E-state index >= 15 is 0 Å². The summed E-state index contributed by atoms with van der Waals surface area (Å²) in [7, 11) is 0. The summed E-state index contributed by atoms with van der Waals surface area (Å²) in [6.07, 6.45) is 0.0313. The molecule has 1 unspecified atom stereocenters. The third-order valence-corrected chi connectivity index (χ3v) is 5.65. The fourth-order valence-corrected chi connectivity index (χ4v) is 3.63. The highest BCUT2D eigenvalue weighted by Crippen LogP contribution is 2.24. The Bertz CT molecular complexity index is 1000. The smallest absolute Gasteiger partial charge is 0.240 e. The minimum Gasteiger partial charge on any atom is -0.326 e. The van der Waals surface area contributed by atoms with E-state index in [1.54, 1.807) is 19.1 Å². The van der Waals surface area contributed by atoms with Gasteiger partial charge in [-0.25, -0.2) is 4.39 Å². The van der Waals surface area contributed by atoms with E-state index in [0.717, 1.165) is 22.4 Å². The number of carbonyl (C=O) groups excluding carboxylic acids is 2. The molecule has 0 radical (unpaired) electrons. The molecule has 1 aliphatic heterocycles. The molecule has 3 rings (SSSR count). The molecule has 8 heteroatoms. The molecule has 0 bridgehead atoms. The predicted molar refractivity (Wildman–Crippen MR) is 115 cm³/mol. The second-order valence-electron chi connectivity index (χ2n) is 6.69. The topological polar surface area (TPSA) is 82.9 Å². The van der Waals surface area contributed by atoms with E-state index < -0.39 is 5.25 Å². The van der Waals surface area contributed by atoms with E-state index in [-0.39, 0.29) is 24.1 Å². The number of amides is 2. The number of halogens is 1. The van der Waals surface area contributed by atoms with Crippen LogP contribution in [-0.4, -0.2) is 27.9 Å². The molecule has 6 nitrogen and oxygen atoms in total. The Hall–Kier alpha value is -3.00. The molecule has 2 aromatic carbocycles. The number of nitrogens with zero attached hydrogens (tertiary/aromatic N) is 2. The van der Waals surface area contributed by atoms with Gasteiger partial charge in [-0.05, 0) is 55.7 Å². The second kappa shape index (κ2) is 9.00. The maximum atomic E-state index is 13.0. The highest BCUT2D eigenvalue weighted by Gasteiger charge is 2.32. The van der Waals surface area contributed by atoms with Crippen LogP contribution in [0, 0.1) is 19.7 Å². The molecule has 1 atom stereocenters. The minimum absolute atomic E-state index is 0.0313. The first-order valence-electron chi connectivity index (χ1n) is 9.05. The fraction of sp³-hybridized carbons (Fsp3) is 0.238. The average molecular weight is 412 g/mol. The average Bonchev–Trinajstić information content (AvgIpc) is 3.03. The quantitative estimate of drug-likeness (QED) is 0.579. The van der Waals surface area contributed by atoms with Crippen molar-refractivity contribution in [2.75, 3.05) is 5.32 Å². The van der Waals surface area contributed by atoms with E-state index in [1.807, 2.05) is 32.0 Å². The summed E-state index contributed by atoms with van der Waals surface area (Å²) in [5.41, 5.74) is 4.14. The molecule has 2 N–H and O–H groups in total. The zero-order valence-electron chi connectivity index (χ0n) is 16.3. The molecule has 1 saturated heterocycles. The van der Waals surface area contributed by atoms with Crippen molar-refractivity contribution in [2.45, 2.75) is 32.4 Å². The van der Waals surface area contributed by atoms with Crippen LogP contribution in [0.2, 0.25) is 0 Å². The normalized spacial score (nSPS) is 18.1. The standard InChI is InChI=1S/C21H21FN4O2S/c1-12-5-4-6-17(13(12)2)23-19(27)11-18-20(28)24-21(29-18)26-25-14(3)15-7-9-16(22)10-8-15/h4-10,18H,11H2,1-3H3,(H,23,27)(H,24,26,28). The molecular formula is C21H21FN4O2S. The Morgan fingerprint density at radius 2 is 1.93 bits per heavy atom. The van der Waals surface area contributed by atoms with Gasteiger partial charge in [0.2, 0.25) is 11.8 Å². The van der Waals surface area contributed by atoms with E-state index in [9.17, 15) is 14.0 Å². The first-order chi connectivity index (χ1) is 13.8. The summed E-state index contributed by atoms with van der Waals surface area (Å²) >= 11 is 1.17. The summed E-state index contributed by atoms with van der Waals surface area (Å²) in [4.78, 5) is 24.5. The Kier molecular flexibility index (Phi) is 6.43. The predicted octanol–water partition coefficient (Wildman–Crippen LogP) is 3.78. The van der Waals surface area contributed by atoms with E-state index in [2.05, 4.69) is 20.8 Å². The van der Waals surface area contributed by atoms with E-state index in [0.29, 0.717) is 10.9 Å². The van der Waals surface area contributed by atoms with Crippen molar-refractivity contribution in [3.63, 3.8) is 0 Å². The zero-order chi connectivity index (χ0) is 21.0. The molecular weight excluding hydrogens is 391 g/mol. The molecule has 1 heterocycles. The number of hydrogen-bond donors (Lipinski definition) is 2. The number of rotatable bonds is 5. The Balaban J connectivity index is 1.61. The highest BCUT2D eigenvalue weighted by molar-refractivity contribution is 8.15. The van der Waals surface area contributed by atoms with Gasteiger partial charge in [-0.3, -0.25) is 9.59 Å². The van der Waals surface area contributed by atoms with Crippen LogP contribution in [0.15, 0.2) is 52.7 Å². The van der Waals surface area contributed by atoms with E-state index in [4.69, 9.17) is 0 Å². The number of amidine groups is 1. The summed E-state index contributed by atoms with van der Waals surface area (Å²) in [5, 5.41) is 13.4. The lowest BCUT2D eigenvalue weighted by atomic mass is 10.1. The maximum absolute atomic E-state index is 13.0. The van der Waals surface area contributed by atoms with Crippen LogP contribution >= 0.6 is 11.8 Å². The lowest BCUT2D eigenvalue weighted by molar-refractivity contribution is -0.122. The van der Waals surface area contributed by atoms with Crippen LogP contribution in [-0.2, 0) is 9.59 Å². The van der Waals surface area contributed by atoms with Gasteiger partial charge in [-0.2, -0.15) is 5.10 Å². The molecule has 2 aromatic rings. The molecule has 1 fully saturated rings. The van der Waals surface area contributed by atoms with Gasteiger partial charge in [-0.15, -0.1) is 5.10 Å². The largest absolute Gasteiger partial charge is 0.326 e. The Morgan fingerprint density at radius 3 is 2.66 bits per heavy atom. The number of benzene rings is 2. The van der Waals surface area contributed by atoms with Gasteiger partial charge in [-0.1, -0.05) is 36.0 Å². The highest BCUT2D eigenvalue weighted by atomic mass is 32.2. The van der Waals surface area contributed by atoms with Crippen molar-refractivity contribution in [1.82, 2.24) is 5.32 Å². The van der Waals surface area contributed by atoms with Crippen molar-refractivity contribution >= 4 is 40.1 Å². The van der Waals surface area contributed by atoms with Crippen molar-refractivity contribution in [3.8, 4) is 0 Å². The van der Waals surface area contributed by atoms with Gasteiger partial charge in [0.1, 0.15) is 11.1 Å². The molecule has 2 amide bonds. The number of aryl methyl sites for hydroxylation is 1. The third kappa shape index (κ3) is 5.29. The van der Waals surface area contributed by atoms with Crippen molar-refractivity contribution in [3.05, 3.63) is 65.0 Å². The molecule has 0 spiro atoms. The minimum atomic E-state index is -0.569. The summed E-state index contributed by atoms with van der Waals surface area (Å²) in [6, 6.07) is 11.6. The molecule has 0 aliphatic carbocycles. The van der Waals surface area contributed by atoms with E-state index in [1.165, 1.54) is 23.9 Å². The fourth-order valence-electron chi connectivity index (χ4n) is 2.71. The van der Waals surface area contributed by atoms with Crippen LogP contribution in [0.1, 0.15) is 30.0 Å². The first kappa shape index (κ1) is 20.7. The van der Waals surface area contributed by atoms with Gasteiger partial charge in [0.15, 0.2) is 5.17 Å². The molecule has 1 aliphatic rings. The maximum Gasteiger partial charge on any atom is 0.240 e. The second-order valence-corrected chi connectivity index (χ2v) is 7.88. The van der Waals surface area contributed by atoms with Gasteiger partial charge >= 0.3 is 0 Å². The van der Waals surface area contributed by atoms with Crippen LogP contribution in [0.4, 0.5) is 10.1 Å². The van der Waals surface area contributed by atoms with Gasteiger partial charge < -0.3 is 10.6 Å². The lowest BCUT2D eigenvalue weighted by Crippen LogP contribution is -2.28. The number of carbonyl (C=O) groups is 2. The van der Waals surface area contributed by atoms with Gasteiger partial charge in [0, 0.05) is 12.1 Å². The van der Waals surface area contributed by atoms with Crippen molar-refractivity contribution in [2.24, 2.45) is 10.2 Å². The number of nitrogens with one attached hydrogen (secondary N) is 2. The molecule has 0 aromatic heterocycles. The van der Waals surface area contributed by atoms with Crippen LogP contribution in [0.25, 0.3) is 0 Å². The number of thioether (sulfide) groups is 1. The Labute approximate surface area is 172 Å². The van der Waals surface area contributed by atoms with Gasteiger partial charge in [0.25, 0.3) is 0 Å². The molecule has 0 saturated carbocycles. The lowest BCUT2D eigenvalue weighted by Gasteiger charge is -2.11. The first-order valence-corrected chi connectivity index (χ1v) is 9.93. The molecule has 150 valence electrons. The van der Waals surface area contributed by atoms with Crippen molar-refractivity contribution in [1.29, 1.82) is 0 Å². The monoisotopic (exact) mass is 412 g/mol. The summed E-state index contributed by atoms with van der Waals surface area (Å²) in [5.74, 6) is -0.841. The number of anilines is 1.